The van der Waals surface area contributed by atoms with Crippen molar-refractivity contribution in [3.8, 4) is 5.69 Å². The highest BCUT2D eigenvalue weighted by atomic mass is 35.5. The Morgan fingerprint density at radius 3 is 2.38 bits per heavy atom. The van der Waals surface area contributed by atoms with Crippen LogP contribution in [0.5, 0.6) is 0 Å². The minimum Gasteiger partial charge on any atom is -0.352 e. The van der Waals surface area contributed by atoms with Crippen molar-refractivity contribution in [2.75, 3.05) is 31.1 Å². The molecular weight excluding hydrogens is 515 g/mol. The van der Waals surface area contributed by atoms with Crippen LogP contribution in [-0.4, -0.2) is 56.7 Å². The van der Waals surface area contributed by atoms with Gasteiger partial charge in [0.2, 0.25) is 0 Å². The van der Waals surface area contributed by atoms with E-state index in [2.05, 4.69) is 17.0 Å². The van der Waals surface area contributed by atoms with E-state index in [1.807, 2.05) is 30.0 Å². The van der Waals surface area contributed by atoms with Crippen molar-refractivity contribution < 1.29 is 9.18 Å². The summed E-state index contributed by atoms with van der Waals surface area (Å²) in [5.41, 5.74) is 3.87. The molecule has 196 valence electrons. The molecule has 0 saturated carbocycles. The van der Waals surface area contributed by atoms with Crippen LogP contribution >= 0.6 is 11.6 Å². The van der Waals surface area contributed by atoms with Crippen LogP contribution < -0.4 is 4.90 Å². The number of hydrogen-bond donors (Lipinski definition) is 0. The molecule has 2 aromatic heterocycles. The van der Waals surface area contributed by atoms with Crippen LogP contribution in [0.15, 0.2) is 78.9 Å². The standard InChI is InChI=1S/C30H26ClFN6O/c1-20-27-28(36-14-16-37(17-15-36)30(39)22-8-5-9-23(31)19-22)33-26(18-21-6-3-2-4-7-21)34-29(27)38(35-20)25-12-10-24(32)11-13-25/h2-13,19H,14-18H2,1H3. The highest BCUT2D eigenvalue weighted by molar-refractivity contribution is 6.30. The SMILES string of the molecule is Cc1nn(-c2ccc(F)cc2)c2nc(Cc3ccccc3)nc(N3CCN(C(=O)c4cccc(Cl)c4)CC3)c12. The second-order valence-corrected chi connectivity index (χ2v) is 10.0. The van der Waals surface area contributed by atoms with E-state index in [4.69, 9.17) is 26.7 Å². The highest BCUT2D eigenvalue weighted by Crippen LogP contribution is 2.30. The maximum Gasteiger partial charge on any atom is 0.254 e. The largest absolute Gasteiger partial charge is 0.352 e. The van der Waals surface area contributed by atoms with Gasteiger partial charge in [0.15, 0.2) is 5.65 Å². The summed E-state index contributed by atoms with van der Waals surface area (Å²) in [5, 5.41) is 6.17. The number of carbonyl (C=O) groups is 1. The lowest BCUT2D eigenvalue weighted by atomic mass is 10.1. The Labute approximate surface area is 230 Å². The predicted octanol–water partition coefficient (Wildman–Crippen LogP) is 5.47. The average Bonchev–Trinajstić information content (AvgIpc) is 3.29. The fraction of sp³-hybridized carbons (Fsp3) is 0.200. The number of rotatable bonds is 5. The van der Waals surface area contributed by atoms with Gasteiger partial charge in [-0.2, -0.15) is 5.10 Å². The van der Waals surface area contributed by atoms with Crippen LogP contribution in [0, 0.1) is 12.7 Å². The van der Waals surface area contributed by atoms with Gasteiger partial charge in [0.25, 0.3) is 5.91 Å². The van der Waals surface area contributed by atoms with Crippen LogP contribution in [-0.2, 0) is 6.42 Å². The number of anilines is 1. The number of halogens is 2. The number of aromatic nitrogens is 4. The van der Waals surface area contributed by atoms with Gasteiger partial charge < -0.3 is 9.80 Å². The molecule has 9 heteroatoms. The number of aryl methyl sites for hydroxylation is 1. The van der Waals surface area contributed by atoms with Crippen LogP contribution in [0.2, 0.25) is 5.02 Å². The van der Waals surface area contributed by atoms with Gasteiger partial charge in [0.05, 0.1) is 16.8 Å². The number of hydrogen-bond acceptors (Lipinski definition) is 5. The Kier molecular flexibility index (Phi) is 6.70. The van der Waals surface area contributed by atoms with Gasteiger partial charge in [0, 0.05) is 43.2 Å². The van der Waals surface area contributed by atoms with Gasteiger partial charge in [0.1, 0.15) is 17.5 Å². The average molecular weight is 541 g/mol. The molecule has 1 fully saturated rings. The topological polar surface area (TPSA) is 67.2 Å². The van der Waals surface area contributed by atoms with E-state index in [-0.39, 0.29) is 11.7 Å². The number of amides is 1. The lowest BCUT2D eigenvalue weighted by Crippen LogP contribution is -2.49. The van der Waals surface area contributed by atoms with E-state index in [9.17, 15) is 9.18 Å². The number of benzene rings is 3. The number of piperazine rings is 1. The van der Waals surface area contributed by atoms with Crippen LogP contribution in [0.3, 0.4) is 0 Å². The van der Waals surface area contributed by atoms with Crippen molar-refractivity contribution in [1.82, 2.24) is 24.6 Å². The molecule has 39 heavy (non-hydrogen) atoms. The maximum absolute atomic E-state index is 13.7. The van der Waals surface area contributed by atoms with Crippen molar-refractivity contribution in [3.63, 3.8) is 0 Å². The lowest BCUT2D eigenvalue weighted by molar-refractivity contribution is 0.0746. The third-order valence-electron chi connectivity index (χ3n) is 6.94. The van der Waals surface area contributed by atoms with Gasteiger partial charge in [-0.1, -0.05) is 48.0 Å². The Morgan fingerprint density at radius 2 is 1.67 bits per heavy atom. The van der Waals surface area contributed by atoms with Crippen molar-refractivity contribution >= 4 is 34.4 Å². The van der Waals surface area contributed by atoms with Crippen LogP contribution in [0.4, 0.5) is 10.2 Å². The minimum atomic E-state index is -0.308. The molecule has 5 aromatic rings. The molecule has 0 atom stereocenters. The van der Waals surface area contributed by atoms with Gasteiger partial charge in [-0.25, -0.2) is 19.0 Å². The summed E-state index contributed by atoms with van der Waals surface area (Å²) in [4.78, 5) is 27.1. The molecule has 0 bridgehead atoms. The summed E-state index contributed by atoms with van der Waals surface area (Å²) in [7, 11) is 0. The molecule has 3 aromatic carbocycles. The van der Waals surface area contributed by atoms with E-state index in [1.165, 1.54) is 12.1 Å². The zero-order valence-electron chi connectivity index (χ0n) is 21.4. The Bertz CT molecular complexity index is 1650. The number of carbonyl (C=O) groups excluding carboxylic acids is 1. The lowest BCUT2D eigenvalue weighted by Gasteiger charge is -2.36. The Balaban J connectivity index is 1.36. The molecule has 3 heterocycles. The molecule has 1 aliphatic heterocycles. The zero-order valence-corrected chi connectivity index (χ0v) is 22.1. The molecular formula is C30H26ClFN6O. The maximum atomic E-state index is 13.7. The van der Waals surface area contributed by atoms with E-state index in [1.54, 1.807) is 41.1 Å². The first-order valence-corrected chi connectivity index (χ1v) is 13.2. The monoisotopic (exact) mass is 540 g/mol. The minimum absolute atomic E-state index is 0.0324. The quantitative estimate of drug-likeness (QED) is 0.296. The summed E-state index contributed by atoms with van der Waals surface area (Å²) >= 11 is 6.11. The molecule has 0 N–H and O–H groups in total. The molecule has 1 saturated heterocycles. The first kappa shape index (κ1) is 25.0. The summed E-state index contributed by atoms with van der Waals surface area (Å²) in [6.45, 7) is 4.27. The van der Waals surface area contributed by atoms with Crippen LogP contribution in [0.25, 0.3) is 16.7 Å². The fourth-order valence-corrected chi connectivity index (χ4v) is 5.17. The van der Waals surface area contributed by atoms with Gasteiger partial charge in [-0.05, 0) is 55.0 Å². The van der Waals surface area contributed by atoms with Crippen molar-refractivity contribution in [2.45, 2.75) is 13.3 Å². The van der Waals surface area contributed by atoms with Crippen molar-refractivity contribution in [1.29, 1.82) is 0 Å². The summed E-state index contributed by atoms with van der Waals surface area (Å²) in [6.07, 6.45) is 0.560. The van der Waals surface area contributed by atoms with Gasteiger partial charge in [-0.3, -0.25) is 4.79 Å². The second kappa shape index (κ2) is 10.5. The highest BCUT2D eigenvalue weighted by Gasteiger charge is 2.27. The smallest absolute Gasteiger partial charge is 0.254 e. The van der Waals surface area contributed by atoms with E-state index in [0.717, 1.165) is 28.1 Å². The fourth-order valence-electron chi connectivity index (χ4n) is 4.98. The van der Waals surface area contributed by atoms with Gasteiger partial charge in [-0.15, -0.1) is 0 Å². The number of fused-ring (bicyclic) bond motifs is 1. The Hall–Kier alpha value is -4.30. The second-order valence-electron chi connectivity index (χ2n) is 9.59. The molecule has 1 aliphatic rings. The van der Waals surface area contributed by atoms with Crippen molar-refractivity contribution in [2.24, 2.45) is 0 Å². The predicted molar refractivity (Wildman–Crippen MR) is 150 cm³/mol. The van der Waals surface area contributed by atoms with E-state index < -0.39 is 0 Å². The molecule has 0 spiro atoms. The summed E-state index contributed by atoms with van der Waals surface area (Å²) < 4.78 is 15.4. The first-order valence-electron chi connectivity index (χ1n) is 12.8. The number of nitrogens with zero attached hydrogens (tertiary/aromatic N) is 6. The summed E-state index contributed by atoms with van der Waals surface area (Å²) in [6, 6.07) is 23.3. The first-order chi connectivity index (χ1) is 19.0. The Morgan fingerprint density at radius 1 is 0.923 bits per heavy atom. The molecule has 7 nitrogen and oxygen atoms in total. The third-order valence-corrected chi connectivity index (χ3v) is 7.18. The zero-order chi connectivity index (χ0) is 26.9. The molecule has 0 unspecified atom stereocenters. The normalized spacial score (nSPS) is 13.7. The molecule has 1 amide bonds. The van der Waals surface area contributed by atoms with Gasteiger partial charge >= 0.3 is 0 Å². The molecule has 0 radical (unpaired) electrons. The van der Waals surface area contributed by atoms with E-state index >= 15 is 0 Å². The summed E-state index contributed by atoms with van der Waals surface area (Å²) in [5.74, 6) is 1.13. The molecule has 6 rings (SSSR count). The van der Waals surface area contributed by atoms with Crippen molar-refractivity contribution in [3.05, 3.63) is 112 Å². The molecule has 0 aliphatic carbocycles. The van der Waals surface area contributed by atoms with E-state index in [0.29, 0.717) is 54.7 Å². The van der Waals surface area contributed by atoms with Crippen LogP contribution in [0.1, 0.15) is 27.4 Å². The third kappa shape index (κ3) is 5.07.